The monoisotopic (exact) mass is 180 g/mol. The molecule has 1 atom stereocenters. The van der Waals surface area contributed by atoms with E-state index in [-0.39, 0.29) is 0 Å². The van der Waals surface area contributed by atoms with Crippen LogP contribution in [0, 0.1) is 0 Å². The molecule has 0 bridgehead atoms. The van der Waals surface area contributed by atoms with Crippen molar-refractivity contribution in [1.82, 2.24) is 0 Å². The molecule has 0 aliphatic carbocycles. The number of ether oxygens (including phenoxy) is 1. The summed E-state index contributed by atoms with van der Waals surface area (Å²) >= 11 is 0. The topological polar surface area (TPSA) is 12.5 Å². The minimum absolute atomic E-state index is 0.572. The molecule has 0 aromatic carbocycles. The van der Waals surface area contributed by atoms with Gasteiger partial charge in [-0.15, -0.1) is 6.58 Å². The summed E-state index contributed by atoms with van der Waals surface area (Å²) in [5.41, 5.74) is 1.54. The van der Waals surface area contributed by atoms with E-state index in [9.17, 15) is 0 Å². The van der Waals surface area contributed by atoms with Crippen LogP contribution in [0.2, 0.25) is 0 Å². The molecule has 1 unspecified atom stereocenters. The first-order chi connectivity index (χ1) is 6.36. The third-order valence-electron chi connectivity index (χ3n) is 2.30. The maximum atomic E-state index is 5.16. The Morgan fingerprint density at radius 2 is 2.38 bits per heavy atom. The Labute approximate surface area is 81.5 Å². The summed E-state index contributed by atoms with van der Waals surface area (Å²) in [7, 11) is 0. The highest BCUT2D eigenvalue weighted by Gasteiger charge is 2.20. The van der Waals surface area contributed by atoms with Gasteiger partial charge in [0.25, 0.3) is 0 Å². The van der Waals surface area contributed by atoms with Gasteiger partial charge < -0.3 is 4.74 Å². The molecule has 1 nitrogen and oxygen atoms in total. The number of rotatable bonds is 7. The molecule has 1 aliphatic rings. The van der Waals surface area contributed by atoms with Crippen molar-refractivity contribution >= 4 is 0 Å². The zero-order valence-corrected chi connectivity index (χ0v) is 8.59. The van der Waals surface area contributed by atoms with Crippen molar-refractivity contribution < 1.29 is 4.74 Å². The van der Waals surface area contributed by atoms with Crippen molar-refractivity contribution in [2.24, 2.45) is 0 Å². The molecule has 1 rings (SSSR count). The van der Waals surface area contributed by atoms with Gasteiger partial charge in [0.1, 0.15) is 0 Å². The van der Waals surface area contributed by atoms with Gasteiger partial charge in [0.2, 0.25) is 0 Å². The van der Waals surface area contributed by atoms with Crippen LogP contribution in [0.5, 0.6) is 0 Å². The molecule has 0 saturated carbocycles. The van der Waals surface area contributed by atoms with E-state index in [0.29, 0.717) is 6.10 Å². The van der Waals surface area contributed by atoms with Crippen molar-refractivity contribution in [1.29, 1.82) is 0 Å². The van der Waals surface area contributed by atoms with Gasteiger partial charge in [0, 0.05) is 0 Å². The van der Waals surface area contributed by atoms with Gasteiger partial charge in [-0.25, -0.2) is 0 Å². The molecule has 13 heavy (non-hydrogen) atoms. The molecule has 74 valence electrons. The summed E-state index contributed by atoms with van der Waals surface area (Å²) in [6, 6.07) is 0. The average Bonchev–Trinajstić information content (AvgIpc) is 2.89. The minimum Gasteiger partial charge on any atom is -0.373 e. The lowest BCUT2D eigenvalue weighted by molar-refractivity contribution is 0.398. The number of hydrogen-bond donors (Lipinski definition) is 0. The average molecular weight is 180 g/mol. The maximum absolute atomic E-state index is 5.16. The lowest BCUT2D eigenvalue weighted by Crippen LogP contribution is -1.85. The van der Waals surface area contributed by atoms with E-state index < -0.39 is 0 Å². The zero-order chi connectivity index (χ0) is 9.52. The van der Waals surface area contributed by atoms with E-state index in [2.05, 4.69) is 19.6 Å². The van der Waals surface area contributed by atoms with Crippen LogP contribution in [0.3, 0.4) is 0 Å². The van der Waals surface area contributed by atoms with Crippen LogP contribution in [-0.4, -0.2) is 12.7 Å². The van der Waals surface area contributed by atoms with Crippen LogP contribution >= 0.6 is 0 Å². The molecule has 0 aromatic heterocycles. The first-order valence-corrected chi connectivity index (χ1v) is 5.27. The van der Waals surface area contributed by atoms with Gasteiger partial charge in [-0.2, -0.15) is 0 Å². The molecule has 0 N–H and O–H groups in total. The highest BCUT2D eigenvalue weighted by Crippen LogP contribution is 2.18. The van der Waals surface area contributed by atoms with Gasteiger partial charge in [-0.3, -0.25) is 0 Å². The van der Waals surface area contributed by atoms with Crippen LogP contribution in [0.25, 0.3) is 0 Å². The van der Waals surface area contributed by atoms with Crippen molar-refractivity contribution in [3.05, 3.63) is 24.3 Å². The van der Waals surface area contributed by atoms with E-state index in [1.54, 1.807) is 0 Å². The molecule has 1 heterocycles. The summed E-state index contributed by atoms with van der Waals surface area (Å²) in [6.45, 7) is 6.98. The lowest BCUT2D eigenvalue weighted by atomic mass is 10.0. The van der Waals surface area contributed by atoms with Gasteiger partial charge in [-0.1, -0.05) is 31.1 Å². The fraction of sp³-hybridized carbons (Fsp3) is 0.667. The van der Waals surface area contributed by atoms with E-state index in [0.717, 1.165) is 13.0 Å². The predicted octanol–water partition coefficient (Wildman–Crippen LogP) is 3.47. The van der Waals surface area contributed by atoms with Crippen LogP contribution in [0.15, 0.2) is 24.3 Å². The second kappa shape index (κ2) is 5.98. The van der Waals surface area contributed by atoms with Gasteiger partial charge in [0.15, 0.2) is 0 Å². The minimum atomic E-state index is 0.572. The van der Waals surface area contributed by atoms with Crippen molar-refractivity contribution in [3.63, 3.8) is 0 Å². The first-order valence-electron chi connectivity index (χ1n) is 5.27. The number of epoxide rings is 1. The second-order valence-electron chi connectivity index (χ2n) is 3.64. The van der Waals surface area contributed by atoms with Crippen molar-refractivity contribution in [2.75, 3.05) is 6.61 Å². The Kier molecular flexibility index (Phi) is 4.84. The summed E-state index contributed by atoms with van der Waals surface area (Å²) in [5, 5.41) is 0. The van der Waals surface area contributed by atoms with E-state index in [4.69, 9.17) is 4.74 Å². The summed E-state index contributed by atoms with van der Waals surface area (Å²) in [4.78, 5) is 0. The summed E-state index contributed by atoms with van der Waals surface area (Å²) in [5.74, 6) is 0. The molecular formula is C12H20O. The van der Waals surface area contributed by atoms with E-state index in [1.165, 1.54) is 31.3 Å². The fourth-order valence-corrected chi connectivity index (χ4v) is 1.50. The summed E-state index contributed by atoms with van der Waals surface area (Å²) < 4.78 is 5.16. The second-order valence-corrected chi connectivity index (χ2v) is 3.64. The first kappa shape index (κ1) is 10.5. The molecule has 0 spiro atoms. The van der Waals surface area contributed by atoms with Crippen molar-refractivity contribution in [3.8, 4) is 0 Å². The highest BCUT2D eigenvalue weighted by molar-refractivity contribution is 5.06. The van der Waals surface area contributed by atoms with Gasteiger partial charge >= 0.3 is 0 Å². The molecular weight excluding hydrogens is 160 g/mol. The molecule has 1 heteroatoms. The Hall–Kier alpha value is -0.560. The van der Waals surface area contributed by atoms with Crippen LogP contribution in [0.4, 0.5) is 0 Å². The number of allylic oxidation sites excluding steroid dienone is 3. The molecule has 0 amide bonds. The smallest absolute Gasteiger partial charge is 0.0812 e. The SMILES string of the molecule is C=CCC(=CCCC1CO1)CCC. The Morgan fingerprint density at radius 3 is 2.92 bits per heavy atom. The largest absolute Gasteiger partial charge is 0.373 e. The van der Waals surface area contributed by atoms with E-state index >= 15 is 0 Å². The zero-order valence-electron chi connectivity index (χ0n) is 8.59. The molecule has 0 aromatic rings. The predicted molar refractivity (Wildman–Crippen MR) is 56.8 cm³/mol. The van der Waals surface area contributed by atoms with Crippen LogP contribution < -0.4 is 0 Å². The van der Waals surface area contributed by atoms with Crippen molar-refractivity contribution in [2.45, 2.75) is 45.1 Å². The molecule has 1 saturated heterocycles. The third kappa shape index (κ3) is 4.89. The lowest BCUT2D eigenvalue weighted by Gasteiger charge is -2.01. The quantitative estimate of drug-likeness (QED) is 0.431. The Bertz CT molecular complexity index is 178. The van der Waals surface area contributed by atoms with Crippen LogP contribution in [0.1, 0.15) is 39.0 Å². The molecule has 1 aliphatic heterocycles. The highest BCUT2D eigenvalue weighted by atomic mass is 16.6. The maximum Gasteiger partial charge on any atom is 0.0812 e. The normalized spacial score (nSPS) is 21.6. The van der Waals surface area contributed by atoms with Gasteiger partial charge in [0.05, 0.1) is 12.7 Å². The Morgan fingerprint density at radius 1 is 1.62 bits per heavy atom. The number of hydrogen-bond acceptors (Lipinski definition) is 1. The third-order valence-corrected chi connectivity index (χ3v) is 2.30. The Balaban J connectivity index is 2.18. The van der Waals surface area contributed by atoms with Gasteiger partial charge in [-0.05, 0) is 25.7 Å². The van der Waals surface area contributed by atoms with E-state index in [1.807, 2.05) is 6.08 Å². The molecule has 0 radical (unpaired) electrons. The standard InChI is InChI=1S/C12H20O/c1-3-6-11(7-4-2)8-5-9-12-10-13-12/h3,8,12H,1,4-7,9-10H2,2H3. The molecule has 1 fully saturated rings. The van der Waals surface area contributed by atoms with Crippen LogP contribution in [-0.2, 0) is 4.74 Å². The fourth-order valence-electron chi connectivity index (χ4n) is 1.50. The summed E-state index contributed by atoms with van der Waals surface area (Å²) in [6.07, 6.45) is 10.8.